The van der Waals surface area contributed by atoms with Crippen LogP contribution in [0.25, 0.3) is 0 Å². The van der Waals surface area contributed by atoms with E-state index in [2.05, 4.69) is 29.1 Å². The first kappa shape index (κ1) is 15.9. The number of nitrogens with zero attached hydrogens (tertiary/aromatic N) is 3. The lowest BCUT2D eigenvalue weighted by Gasteiger charge is -2.28. The molecule has 0 fully saturated rings. The Hall–Kier alpha value is -1.20. The largest absolute Gasteiger partial charge is 0.389 e. The molecule has 0 aliphatic rings. The Morgan fingerprint density at radius 2 is 1.89 bits per heavy atom. The highest BCUT2D eigenvalue weighted by Gasteiger charge is 2.19. The fraction of sp³-hybridized carbons (Fsp3) is 0.714. The van der Waals surface area contributed by atoms with Gasteiger partial charge in [-0.05, 0) is 20.8 Å². The summed E-state index contributed by atoms with van der Waals surface area (Å²) in [5.41, 5.74) is 0.314. The summed E-state index contributed by atoms with van der Waals surface area (Å²) in [7, 11) is 0. The zero-order valence-electron chi connectivity index (χ0n) is 12.6. The molecular weight excluding hydrogens is 240 g/mol. The van der Waals surface area contributed by atoms with E-state index in [1.165, 1.54) is 0 Å². The predicted molar refractivity (Wildman–Crippen MR) is 78.2 cm³/mol. The van der Waals surface area contributed by atoms with Gasteiger partial charge in [0.25, 0.3) is 0 Å². The quantitative estimate of drug-likeness (QED) is 0.784. The average molecular weight is 266 g/mol. The van der Waals surface area contributed by atoms with Gasteiger partial charge >= 0.3 is 0 Å². The van der Waals surface area contributed by atoms with Crippen LogP contribution >= 0.6 is 0 Å². The van der Waals surface area contributed by atoms with Crippen molar-refractivity contribution in [1.29, 1.82) is 0 Å². The molecule has 0 radical (unpaired) electrons. The first-order valence-electron chi connectivity index (χ1n) is 6.83. The van der Waals surface area contributed by atoms with Gasteiger partial charge < -0.3 is 15.3 Å². The molecule has 0 atom stereocenters. The van der Waals surface area contributed by atoms with Crippen molar-refractivity contribution < 1.29 is 5.11 Å². The van der Waals surface area contributed by atoms with Gasteiger partial charge in [-0.15, -0.1) is 0 Å². The first-order valence-corrected chi connectivity index (χ1v) is 6.83. The monoisotopic (exact) mass is 266 g/mol. The Kier molecular flexibility index (Phi) is 5.69. The van der Waals surface area contributed by atoms with E-state index in [0.29, 0.717) is 18.5 Å². The Morgan fingerprint density at radius 3 is 2.32 bits per heavy atom. The van der Waals surface area contributed by atoms with E-state index in [4.69, 9.17) is 0 Å². The fourth-order valence-electron chi connectivity index (χ4n) is 1.72. The minimum Gasteiger partial charge on any atom is -0.389 e. The van der Waals surface area contributed by atoms with Gasteiger partial charge in [0, 0.05) is 43.6 Å². The third-order valence-corrected chi connectivity index (χ3v) is 2.65. The zero-order chi connectivity index (χ0) is 14.5. The van der Waals surface area contributed by atoms with Crippen LogP contribution in [0.4, 0.5) is 5.95 Å². The summed E-state index contributed by atoms with van der Waals surface area (Å²) < 4.78 is 0. The van der Waals surface area contributed by atoms with Gasteiger partial charge in [0.15, 0.2) is 0 Å². The predicted octanol–water partition coefficient (Wildman–Crippen LogP) is 1.57. The third kappa shape index (κ3) is 5.98. The SMILES string of the molecule is CCN(CC(C)(C)O)c1ncc(CNC(C)C)cn1. The van der Waals surface area contributed by atoms with E-state index in [9.17, 15) is 5.11 Å². The van der Waals surface area contributed by atoms with E-state index in [-0.39, 0.29) is 0 Å². The van der Waals surface area contributed by atoms with Crippen LogP contribution in [-0.4, -0.2) is 39.8 Å². The van der Waals surface area contributed by atoms with Crippen LogP contribution in [0.15, 0.2) is 12.4 Å². The van der Waals surface area contributed by atoms with Gasteiger partial charge in [-0.3, -0.25) is 0 Å². The van der Waals surface area contributed by atoms with Crippen molar-refractivity contribution in [3.63, 3.8) is 0 Å². The normalized spacial score (nSPS) is 11.9. The Labute approximate surface area is 116 Å². The summed E-state index contributed by atoms with van der Waals surface area (Å²) in [5.74, 6) is 0.665. The van der Waals surface area contributed by atoms with Crippen molar-refractivity contribution in [2.45, 2.75) is 52.8 Å². The van der Waals surface area contributed by atoms with E-state index in [1.807, 2.05) is 24.2 Å². The molecule has 5 heteroatoms. The maximum atomic E-state index is 9.87. The van der Waals surface area contributed by atoms with Gasteiger partial charge in [-0.25, -0.2) is 9.97 Å². The van der Waals surface area contributed by atoms with Crippen molar-refractivity contribution in [2.24, 2.45) is 0 Å². The highest BCUT2D eigenvalue weighted by atomic mass is 16.3. The summed E-state index contributed by atoms with van der Waals surface area (Å²) in [6.07, 6.45) is 3.68. The number of anilines is 1. The second-order valence-electron chi connectivity index (χ2n) is 5.75. The summed E-state index contributed by atoms with van der Waals surface area (Å²) in [6.45, 7) is 11.9. The second kappa shape index (κ2) is 6.82. The van der Waals surface area contributed by atoms with Crippen LogP contribution in [0, 0.1) is 0 Å². The minimum atomic E-state index is -0.753. The molecule has 0 bridgehead atoms. The standard InChI is InChI=1S/C14H26N4O/c1-6-18(10-14(4,5)19)13-16-8-12(9-17-13)7-15-11(2)3/h8-9,11,15,19H,6-7,10H2,1-5H3. The molecule has 19 heavy (non-hydrogen) atoms. The lowest BCUT2D eigenvalue weighted by atomic mass is 10.1. The second-order valence-corrected chi connectivity index (χ2v) is 5.75. The van der Waals surface area contributed by atoms with Crippen LogP contribution in [0.3, 0.4) is 0 Å². The molecule has 0 unspecified atom stereocenters. The van der Waals surface area contributed by atoms with Crippen molar-refractivity contribution in [2.75, 3.05) is 18.0 Å². The fourth-order valence-corrected chi connectivity index (χ4v) is 1.72. The van der Waals surface area contributed by atoms with E-state index < -0.39 is 5.60 Å². The van der Waals surface area contributed by atoms with E-state index in [0.717, 1.165) is 18.7 Å². The van der Waals surface area contributed by atoms with Crippen molar-refractivity contribution in [3.05, 3.63) is 18.0 Å². The topological polar surface area (TPSA) is 61.3 Å². The van der Waals surface area contributed by atoms with E-state index in [1.54, 1.807) is 13.8 Å². The van der Waals surface area contributed by atoms with Gasteiger partial charge in [-0.2, -0.15) is 0 Å². The number of aromatic nitrogens is 2. The maximum absolute atomic E-state index is 9.87. The molecule has 108 valence electrons. The molecule has 5 nitrogen and oxygen atoms in total. The molecular formula is C14H26N4O. The lowest BCUT2D eigenvalue weighted by Crippen LogP contribution is -2.39. The Morgan fingerprint density at radius 1 is 1.32 bits per heavy atom. The first-order chi connectivity index (χ1) is 8.81. The number of likely N-dealkylation sites (N-methyl/N-ethyl adjacent to an activating group) is 1. The molecule has 0 saturated heterocycles. The molecule has 2 N–H and O–H groups in total. The number of rotatable bonds is 7. The number of hydrogen-bond donors (Lipinski definition) is 2. The third-order valence-electron chi connectivity index (χ3n) is 2.65. The summed E-state index contributed by atoms with van der Waals surface area (Å²) in [6, 6.07) is 0.446. The summed E-state index contributed by atoms with van der Waals surface area (Å²) in [4.78, 5) is 10.7. The molecule has 1 rings (SSSR count). The molecule has 1 aromatic rings. The molecule has 0 aliphatic heterocycles. The van der Waals surface area contributed by atoms with Gasteiger partial charge in [0.1, 0.15) is 0 Å². The summed E-state index contributed by atoms with van der Waals surface area (Å²) >= 11 is 0. The highest BCUT2D eigenvalue weighted by molar-refractivity contribution is 5.30. The smallest absolute Gasteiger partial charge is 0.225 e. The zero-order valence-corrected chi connectivity index (χ0v) is 12.6. The lowest BCUT2D eigenvalue weighted by molar-refractivity contribution is 0.0872. The van der Waals surface area contributed by atoms with Crippen LogP contribution in [0.1, 0.15) is 40.2 Å². The van der Waals surface area contributed by atoms with Crippen molar-refractivity contribution in [1.82, 2.24) is 15.3 Å². The molecule has 0 amide bonds. The van der Waals surface area contributed by atoms with Gasteiger partial charge in [0.05, 0.1) is 5.60 Å². The molecule has 0 aliphatic carbocycles. The van der Waals surface area contributed by atoms with Crippen molar-refractivity contribution in [3.8, 4) is 0 Å². The van der Waals surface area contributed by atoms with Crippen molar-refractivity contribution >= 4 is 5.95 Å². The molecule has 1 aromatic heterocycles. The number of nitrogens with one attached hydrogen (secondary N) is 1. The molecule has 0 spiro atoms. The summed E-state index contributed by atoms with van der Waals surface area (Å²) in [5, 5.41) is 13.2. The van der Waals surface area contributed by atoms with E-state index >= 15 is 0 Å². The number of hydrogen-bond acceptors (Lipinski definition) is 5. The Balaban J connectivity index is 2.68. The highest BCUT2D eigenvalue weighted by Crippen LogP contribution is 2.12. The van der Waals surface area contributed by atoms with Crippen LogP contribution in [-0.2, 0) is 6.54 Å². The van der Waals surface area contributed by atoms with Gasteiger partial charge in [0.2, 0.25) is 5.95 Å². The average Bonchev–Trinajstić information content (AvgIpc) is 2.33. The molecule has 1 heterocycles. The molecule has 0 aromatic carbocycles. The molecule has 0 saturated carbocycles. The van der Waals surface area contributed by atoms with Crippen LogP contribution < -0.4 is 10.2 Å². The van der Waals surface area contributed by atoms with Gasteiger partial charge in [-0.1, -0.05) is 13.8 Å². The minimum absolute atomic E-state index is 0.446. The maximum Gasteiger partial charge on any atom is 0.225 e. The van der Waals surface area contributed by atoms with Crippen LogP contribution in [0.2, 0.25) is 0 Å². The number of aliphatic hydroxyl groups is 1. The van der Waals surface area contributed by atoms with Crippen LogP contribution in [0.5, 0.6) is 0 Å². The Bertz CT molecular complexity index is 370.